The Balaban J connectivity index is 1.77. The number of allylic oxidation sites excluding steroid dienone is 1. The van der Waals surface area contributed by atoms with Crippen LogP contribution >= 0.6 is 0 Å². The first-order valence-corrected chi connectivity index (χ1v) is 6.95. The molecule has 1 saturated heterocycles. The van der Waals surface area contributed by atoms with E-state index in [2.05, 4.69) is 20.4 Å². The average molecular weight is 236 g/mol. The van der Waals surface area contributed by atoms with Crippen LogP contribution in [0.4, 0.5) is 0 Å². The van der Waals surface area contributed by atoms with Crippen molar-refractivity contribution in [1.29, 1.82) is 0 Å². The van der Waals surface area contributed by atoms with E-state index >= 15 is 0 Å². The molecule has 4 atom stereocenters. The third-order valence-electron chi connectivity index (χ3n) is 5.54. The van der Waals surface area contributed by atoms with Crippen LogP contribution in [0.2, 0.25) is 0 Å². The Hall–Kier alpha value is -0.340. The Labute approximate surface area is 104 Å². The van der Waals surface area contributed by atoms with E-state index in [9.17, 15) is 5.11 Å². The van der Waals surface area contributed by atoms with Crippen molar-refractivity contribution in [1.82, 2.24) is 0 Å². The molecule has 0 bridgehead atoms. The maximum absolute atomic E-state index is 9.52. The maximum Gasteiger partial charge on any atom is 0.118 e. The Morgan fingerprint density at radius 2 is 2.18 bits per heavy atom. The van der Waals surface area contributed by atoms with Crippen molar-refractivity contribution in [3.05, 3.63) is 12.2 Å². The second kappa shape index (κ2) is 3.58. The number of hydrogen-bond donors (Lipinski definition) is 1. The monoisotopic (exact) mass is 236 g/mol. The summed E-state index contributed by atoms with van der Waals surface area (Å²) >= 11 is 0. The largest absolute Gasteiger partial charge is 0.393 e. The molecule has 2 saturated carbocycles. The van der Waals surface area contributed by atoms with Gasteiger partial charge in [0.2, 0.25) is 0 Å². The number of aliphatic hydroxyl groups excluding tert-OH is 1. The van der Waals surface area contributed by atoms with Crippen molar-refractivity contribution in [3.8, 4) is 0 Å². The van der Waals surface area contributed by atoms with Crippen molar-refractivity contribution < 1.29 is 9.84 Å². The van der Waals surface area contributed by atoms with E-state index in [1.54, 1.807) is 0 Å². The Kier molecular flexibility index (Phi) is 2.47. The zero-order chi connectivity index (χ0) is 12.3. The molecule has 2 heteroatoms. The summed E-state index contributed by atoms with van der Waals surface area (Å²) in [5.74, 6) is 1.49. The molecular weight excluding hydrogens is 212 g/mol. The summed E-state index contributed by atoms with van der Waals surface area (Å²) in [6, 6.07) is 0. The van der Waals surface area contributed by atoms with Gasteiger partial charge in [-0.15, -0.1) is 0 Å². The van der Waals surface area contributed by atoms with Crippen molar-refractivity contribution >= 4 is 0 Å². The van der Waals surface area contributed by atoms with Crippen molar-refractivity contribution in [3.63, 3.8) is 0 Å². The van der Waals surface area contributed by atoms with Gasteiger partial charge in [-0.2, -0.15) is 0 Å². The molecule has 2 aliphatic carbocycles. The standard InChI is InChI=1S/C15H24O2/c1-10-4-5-13-15(9-16,17-13)7-6-12-11(10)8-14(12,2)3/h11-13,16H,1,4-9H2,2-3H3/t11-,12-,13-,15+/m1/s1. The van der Waals surface area contributed by atoms with Gasteiger partial charge in [-0.1, -0.05) is 26.0 Å². The van der Waals surface area contributed by atoms with Gasteiger partial charge in [0.15, 0.2) is 0 Å². The number of aliphatic hydroxyl groups is 1. The molecule has 0 aromatic rings. The van der Waals surface area contributed by atoms with Crippen LogP contribution in [0.3, 0.4) is 0 Å². The lowest BCUT2D eigenvalue weighted by Crippen LogP contribution is -2.45. The molecular formula is C15H24O2. The summed E-state index contributed by atoms with van der Waals surface area (Å²) in [6.45, 7) is 9.23. The second-order valence-corrected chi connectivity index (χ2v) is 6.97. The van der Waals surface area contributed by atoms with Gasteiger partial charge in [0.25, 0.3) is 0 Å². The van der Waals surface area contributed by atoms with Gasteiger partial charge in [-0.25, -0.2) is 0 Å². The van der Waals surface area contributed by atoms with Gasteiger partial charge >= 0.3 is 0 Å². The SMILES string of the molecule is C=C1CC[C@H]2O[C@]2(CO)CC[C@@H]2[C@@H]1CC2(C)C. The van der Waals surface area contributed by atoms with Crippen LogP contribution in [0.1, 0.15) is 46.0 Å². The van der Waals surface area contributed by atoms with Crippen molar-refractivity contribution in [2.24, 2.45) is 17.3 Å². The summed E-state index contributed by atoms with van der Waals surface area (Å²) in [4.78, 5) is 0. The molecule has 0 aromatic heterocycles. The van der Waals surface area contributed by atoms with E-state index in [-0.39, 0.29) is 12.2 Å². The number of epoxide rings is 1. The minimum Gasteiger partial charge on any atom is -0.393 e. The lowest BCUT2D eigenvalue weighted by molar-refractivity contribution is -0.00507. The van der Waals surface area contributed by atoms with Crippen LogP contribution in [0.25, 0.3) is 0 Å². The van der Waals surface area contributed by atoms with Gasteiger partial charge in [0.1, 0.15) is 5.60 Å². The highest BCUT2D eigenvalue weighted by Crippen LogP contribution is 2.59. The minimum atomic E-state index is -0.180. The minimum absolute atomic E-state index is 0.180. The molecule has 0 unspecified atom stereocenters. The van der Waals surface area contributed by atoms with Gasteiger partial charge in [-0.3, -0.25) is 0 Å². The lowest BCUT2D eigenvalue weighted by Gasteiger charge is -2.53. The number of ether oxygens (including phenoxy) is 1. The van der Waals surface area contributed by atoms with Crippen LogP contribution in [-0.2, 0) is 4.74 Å². The average Bonchev–Trinajstić information content (AvgIpc) is 2.96. The first-order valence-electron chi connectivity index (χ1n) is 6.95. The zero-order valence-electron chi connectivity index (χ0n) is 11.0. The predicted molar refractivity (Wildman–Crippen MR) is 67.7 cm³/mol. The molecule has 1 N–H and O–H groups in total. The van der Waals surface area contributed by atoms with E-state index < -0.39 is 0 Å². The highest BCUT2D eigenvalue weighted by atomic mass is 16.6. The molecule has 3 fully saturated rings. The molecule has 3 rings (SSSR count). The second-order valence-electron chi connectivity index (χ2n) is 6.97. The molecule has 3 aliphatic rings. The molecule has 2 nitrogen and oxygen atoms in total. The lowest BCUT2D eigenvalue weighted by atomic mass is 9.52. The van der Waals surface area contributed by atoms with Crippen LogP contribution in [-0.4, -0.2) is 23.4 Å². The number of rotatable bonds is 1. The normalized spacial score (nSPS) is 47.9. The summed E-state index contributed by atoms with van der Waals surface area (Å²) in [5.41, 5.74) is 1.71. The fraction of sp³-hybridized carbons (Fsp3) is 0.867. The fourth-order valence-corrected chi connectivity index (χ4v) is 4.18. The highest BCUT2D eigenvalue weighted by Gasteiger charge is 2.58. The molecule has 17 heavy (non-hydrogen) atoms. The molecule has 0 amide bonds. The van der Waals surface area contributed by atoms with Gasteiger partial charge in [0, 0.05) is 0 Å². The first kappa shape index (κ1) is 11.7. The van der Waals surface area contributed by atoms with E-state index in [4.69, 9.17) is 4.74 Å². The van der Waals surface area contributed by atoms with E-state index in [1.165, 1.54) is 18.4 Å². The summed E-state index contributed by atoms with van der Waals surface area (Å²) in [6.07, 6.45) is 5.96. The van der Waals surface area contributed by atoms with Crippen LogP contribution in [0, 0.1) is 17.3 Å². The third-order valence-corrected chi connectivity index (χ3v) is 5.54. The molecule has 0 radical (unpaired) electrons. The molecule has 0 aromatic carbocycles. The molecule has 1 aliphatic heterocycles. The maximum atomic E-state index is 9.52. The number of fused-ring (bicyclic) bond motifs is 2. The van der Waals surface area contributed by atoms with E-state index in [1.807, 2.05) is 0 Å². The zero-order valence-corrected chi connectivity index (χ0v) is 11.0. The highest BCUT2D eigenvalue weighted by molar-refractivity contribution is 5.16. The van der Waals surface area contributed by atoms with Gasteiger partial charge in [0.05, 0.1) is 12.7 Å². The fourth-order valence-electron chi connectivity index (χ4n) is 4.18. The summed E-state index contributed by atoms with van der Waals surface area (Å²) in [5, 5.41) is 9.52. The van der Waals surface area contributed by atoms with Gasteiger partial charge < -0.3 is 9.84 Å². The third kappa shape index (κ3) is 1.68. The quantitative estimate of drug-likeness (QED) is 0.561. The first-order chi connectivity index (χ1) is 7.98. The Morgan fingerprint density at radius 3 is 2.82 bits per heavy atom. The van der Waals surface area contributed by atoms with Crippen molar-refractivity contribution in [2.75, 3.05) is 6.61 Å². The van der Waals surface area contributed by atoms with Crippen LogP contribution < -0.4 is 0 Å². The van der Waals surface area contributed by atoms with Crippen LogP contribution in [0.15, 0.2) is 12.2 Å². The van der Waals surface area contributed by atoms with E-state index in [0.717, 1.165) is 31.1 Å². The topological polar surface area (TPSA) is 32.8 Å². The summed E-state index contributed by atoms with van der Waals surface area (Å²) in [7, 11) is 0. The van der Waals surface area contributed by atoms with E-state index in [0.29, 0.717) is 11.5 Å². The number of hydrogen-bond acceptors (Lipinski definition) is 2. The Bertz CT molecular complexity index is 347. The summed E-state index contributed by atoms with van der Waals surface area (Å²) < 4.78 is 5.76. The Morgan fingerprint density at radius 1 is 1.41 bits per heavy atom. The molecule has 1 heterocycles. The van der Waals surface area contributed by atoms with Crippen molar-refractivity contribution in [2.45, 2.75) is 57.7 Å². The smallest absolute Gasteiger partial charge is 0.118 e. The van der Waals surface area contributed by atoms with Gasteiger partial charge in [-0.05, 0) is 49.4 Å². The predicted octanol–water partition coefficient (Wildman–Crippen LogP) is 2.91. The van der Waals surface area contributed by atoms with Crippen LogP contribution in [0.5, 0.6) is 0 Å². The molecule has 0 spiro atoms. The molecule has 96 valence electrons.